The molecule has 2 nitrogen and oxygen atoms in total. The van der Waals surface area contributed by atoms with Crippen LogP contribution in [0.5, 0.6) is 0 Å². The van der Waals surface area contributed by atoms with Crippen LogP contribution in [-0.2, 0) is 5.41 Å². The minimum Gasteiger partial charge on any atom is -0.317 e. The van der Waals surface area contributed by atoms with Crippen LogP contribution in [0.25, 0.3) is 0 Å². The zero-order valence-electron chi connectivity index (χ0n) is 8.87. The molecule has 0 aromatic heterocycles. The smallest absolute Gasteiger partial charge is 0.0847 e. The lowest BCUT2D eigenvalue weighted by atomic mass is 9.74. The van der Waals surface area contributed by atoms with Crippen LogP contribution >= 0.6 is 24.0 Å². The van der Waals surface area contributed by atoms with Crippen molar-refractivity contribution in [3.05, 3.63) is 34.9 Å². The first-order valence-corrected chi connectivity index (χ1v) is 5.53. The molecule has 1 saturated heterocycles. The topological polar surface area (TPSA) is 35.8 Å². The van der Waals surface area contributed by atoms with Crippen molar-refractivity contribution in [2.24, 2.45) is 0 Å². The number of nitrogens with one attached hydrogen (secondary N) is 1. The summed E-state index contributed by atoms with van der Waals surface area (Å²) < 4.78 is 0. The fourth-order valence-electron chi connectivity index (χ4n) is 2.10. The van der Waals surface area contributed by atoms with Gasteiger partial charge in [-0.25, -0.2) is 0 Å². The van der Waals surface area contributed by atoms with Gasteiger partial charge in [0.2, 0.25) is 0 Å². The average Bonchev–Trinajstić information content (AvgIpc) is 2.30. The van der Waals surface area contributed by atoms with E-state index in [4.69, 9.17) is 11.6 Å². The Morgan fingerprint density at radius 3 is 2.56 bits per heavy atom. The van der Waals surface area contributed by atoms with Gasteiger partial charge in [-0.2, -0.15) is 5.26 Å². The van der Waals surface area contributed by atoms with Gasteiger partial charge in [0.15, 0.2) is 0 Å². The van der Waals surface area contributed by atoms with E-state index in [9.17, 15) is 5.26 Å². The normalized spacial score (nSPS) is 18.2. The molecule has 0 spiro atoms. The summed E-state index contributed by atoms with van der Waals surface area (Å²) in [6, 6.07) is 10.1. The molecule has 1 aliphatic heterocycles. The lowest BCUT2D eigenvalue weighted by Gasteiger charge is -2.31. The van der Waals surface area contributed by atoms with Crippen LogP contribution in [0.15, 0.2) is 24.3 Å². The molecule has 0 radical (unpaired) electrons. The third-order valence-corrected chi connectivity index (χ3v) is 3.28. The molecule has 0 unspecified atom stereocenters. The van der Waals surface area contributed by atoms with E-state index >= 15 is 0 Å². The van der Waals surface area contributed by atoms with Crippen molar-refractivity contribution >= 4 is 24.0 Å². The van der Waals surface area contributed by atoms with Crippen molar-refractivity contribution in [3.63, 3.8) is 0 Å². The molecule has 0 bridgehead atoms. The number of piperidine rings is 1. The highest BCUT2D eigenvalue weighted by Gasteiger charge is 2.33. The third-order valence-electron chi connectivity index (χ3n) is 3.05. The van der Waals surface area contributed by atoms with Crippen molar-refractivity contribution in [1.82, 2.24) is 5.32 Å². The van der Waals surface area contributed by atoms with Gasteiger partial charge in [0, 0.05) is 5.02 Å². The molecule has 16 heavy (non-hydrogen) atoms. The van der Waals surface area contributed by atoms with Crippen molar-refractivity contribution in [2.75, 3.05) is 13.1 Å². The Morgan fingerprint density at radius 2 is 2.00 bits per heavy atom. The predicted molar refractivity (Wildman–Crippen MR) is 68.1 cm³/mol. The number of benzene rings is 1. The van der Waals surface area contributed by atoms with E-state index in [0.29, 0.717) is 5.02 Å². The SMILES string of the molecule is Cl.N#CC1(c2cccc(Cl)c2)CCNCC1. The summed E-state index contributed by atoms with van der Waals surface area (Å²) in [7, 11) is 0. The molecule has 1 fully saturated rings. The fourth-order valence-corrected chi connectivity index (χ4v) is 2.30. The highest BCUT2D eigenvalue weighted by atomic mass is 35.5. The monoisotopic (exact) mass is 256 g/mol. The van der Waals surface area contributed by atoms with Crippen LogP contribution in [0.3, 0.4) is 0 Å². The first-order valence-electron chi connectivity index (χ1n) is 5.15. The molecule has 1 aliphatic rings. The van der Waals surface area contributed by atoms with E-state index in [1.54, 1.807) is 0 Å². The molecule has 4 heteroatoms. The van der Waals surface area contributed by atoms with E-state index in [0.717, 1.165) is 31.5 Å². The Labute approximate surface area is 107 Å². The van der Waals surface area contributed by atoms with Gasteiger partial charge in [-0.15, -0.1) is 12.4 Å². The van der Waals surface area contributed by atoms with Crippen LogP contribution in [0, 0.1) is 11.3 Å². The van der Waals surface area contributed by atoms with Crippen molar-refractivity contribution in [3.8, 4) is 6.07 Å². The second kappa shape index (κ2) is 5.54. The van der Waals surface area contributed by atoms with Crippen molar-refractivity contribution in [2.45, 2.75) is 18.3 Å². The first kappa shape index (κ1) is 13.3. The number of rotatable bonds is 1. The van der Waals surface area contributed by atoms with Crippen molar-refractivity contribution < 1.29 is 0 Å². The number of nitriles is 1. The molecule has 0 amide bonds. The second-order valence-corrected chi connectivity index (χ2v) is 4.39. The largest absolute Gasteiger partial charge is 0.317 e. The molecular formula is C12H14Cl2N2. The van der Waals surface area contributed by atoms with Gasteiger partial charge in [0.25, 0.3) is 0 Å². The van der Waals surface area contributed by atoms with Crippen LogP contribution in [0.4, 0.5) is 0 Å². The van der Waals surface area contributed by atoms with Gasteiger partial charge in [-0.3, -0.25) is 0 Å². The highest BCUT2D eigenvalue weighted by molar-refractivity contribution is 6.30. The zero-order chi connectivity index (χ0) is 10.7. The van der Waals surface area contributed by atoms with Gasteiger partial charge >= 0.3 is 0 Å². The Balaban J connectivity index is 0.00000128. The number of nitrogens with zero attached hydrogens (tertiary/aromatic N) is 1. The highest BCUT2D eigenvalue weighted by Crippen LogP contribution is 2.33. The quantitative estimate of drug-likeness (QED) is 0.839. The average molecular weight is 257 g/mol. The number of hydrogen-bond acceptors (Lipinski definition) is 2. The first-order chi connectivity index (χ1) is 7.27. The lowest BCUT2D eigenvalue weighted by Crippen LogP contribution is -2.38. The molecule has 2 rings (SSSR count). The summed E-state index contributed by atoms with van der Waals surface area (Å²) in [4.78, 5) is 0. The number of hydrogen-bond donors (Lipinski definition) is 1. The van der Waals surface area contributed by atoms with Gasteiger partial charge in [-0.1, -0.05) is 23.7 Å². The summed E-state index contributed by atoms with van der Waals surface area (Å²) in [5, 5.41) is 13.3. The molecule has 1 N–H and O–H groups in total. The van der Waals surface area contributed by atoms with Crippen LogP contribution in [-0.4, -0.2) is 13.1 Å². The maximum Gasteiger partial charge on any atom is 0.0847 e. The number of halogens is 2. The molecule has 86 valence electrons. The summed E-state index contributed by atoms with van der Waals surface area (Å²) in [6.07, 6.45) is 1.73. The maximum absolute atomic E-state index is 9.36. The van der Waals surface area contributed by atoms with E-state index < -0.39 is 0 Å². The third kappa shape index (κ3) is 2.49. The van der Waals surface area contributed by atoms with Crippen LogP contribution in [0.2, 0.25) is 5.02 Å². The van der Waals surface area contributed by atoms with Crippen molar-refractivity contribution in [1.29, 1.82) is 5.26 Å². The summed E-state index contributed by atoms with van der Waals surface area (Å²) in [5.74, 6) is 0. The van der Waals surface area contributed by atoms with Gasteiger partial charge < -0.3 is 5.32 Å². The summed E-state index contributed by atoms with van der Waals surface area (Å²) in [6.45, 7) is 1.81. The maximum atomic E-state index is 9.36. The van der Waals surface area contributed by atoms with Gasteiger partial charge in [-0.05, 0) is 43.6 Å². The van der Waals surface area contributed by atoms with Crippen LogP contribution in [0.1, 0.15) is 18.4 Å². The molecule has 0 atom stereocenters. The standard InChI is InChI=1S/C12H13ClN2.ClH/c13-11-3-1-2-10(8-11)12(9-14)4-6-15-7-5-12;/h1-3,8,15H,4-7H2;1H. The Bertz CT molecular complexity index is 392. The molecule has 1 aromatic carbocycles. The van der Waals surface area contributed by atoms with Gasteiger partial charge in [0.05, 0.1) is 11.5 Å². The Hall–Kier alpha value is -0.750. The van der Waals surface area contributed by atoms with E-state index in [1.165, 1.54) is 0 Å². The predicted octanol–water partition coefficient (Wildman–Crippen LogP) is 2.91. The molecule has 0 aliphatic carbocycles. The molecule has 0 saturated carbocycles. The minimum atomic E-state index is -0.337. The Morgan fingerprint density at radius 1 is 1.31 bits per heavy atom. The van der Waals surface area contributed by atoms with E-state index in [2.05, 4.69) is 11.4 Å². The Kier molecular flexibility index (Phi) is 4.61. The van der Waals surface area contributed by atoms with E-state index in [-0.39, 0.29) is 17.8 Å². The lowest BCUT2D eigenvalue weighted by molar-refractivity contribution is 0.382. The fraction of sp³-hybridized carbons (Fsp3) is 0.417. The van der Waals surface area contributed by atoms with E-state index in [1.807, 2.05) is 24.3 Å². The van der Waals surface area contributed by atoms with Gasteiger partial charge in [0.1, 0.15) is 0 Å². The zero-order valence-corrected chi connectivity index (χ0v) is 10.4. The molecular weight excluding hydrogens is 243 g/mol. The molecule has 1 aromatic rings. The second-order valence-electron chi connectivity index (χ2n) is 3.95. The summed E-state index contributed by atoms with van der Waals surface area (Å²) >= 11 is 5.96. The summed E-state index contributed by atoms with van der Waals surface area (Å²) in [5.41, 5.74) is 0.717. The van der Waals surface area contributed by atoms with Crippen LogP contribution < -0.4 is 5.32 Å². The minimum absolute atomic E-state index is 0. The molecule has 1 heterocycles.